The molecule has 0 aliphatic carbocycles. The Morgan fingerprint density at radius 3 is 2.07 bits per heavy atom. The molecule has 1 aliphatic heterocycles. The summed E-state index contributed by atoms with van der Waals surface area (Å²) >= 11 is 0. The highest BCUT2D eigenvalue weighted by molar-refractivity contribution is 6.28. The molecule has 0 bridgehead atoms. The van der Waals surface area contributed by atoms with Crippen LogP contribution in [0.4, 0.5) is 5.69 Å². The number of carbonyl (C=O) groups excluding carboxylic acids is 2. The van der Waals surface area contributed by atoms with Crippen molar-refractivity contribution in [3.8, 4) is 11.5 Å². The van der Waals surface area contributed by atoms with E-state index >= 15 is 0 Å². The molecule has 0 radical (unpaired) electrons. The number of amides is 2. The Morgan fingerprint density at radius 1 is 0.759 bits per heavy atom. The van der Waals surface area contributed by atoms with E-state index in [-0.39, 0.29) is 11.8 Å². The first kappa shape index (κ1) is 18.7. The second kappa shape index (κ2) is 8.15. The van der Waals surface area contributed by atoms with Crippen molar-refractivity contribution in [2.45, 2.75) is 19.3 Å². The lowest BCUT2D eigenvalue weighted by Gasteiger charge is -2.17. The zero-order chi connectivity index (χ0) is 20.2. The van der Waals surface area contributed by atoms with Crippen molar-refractivity contribution < 1.29 is 14.3 Å². The normalized spacial score (nSPS) is 14.3. The Balaban J connectivity index is 1.51. The first-order chi connectivity index (χ1) is 14.2. The molecule has 4 nitrogen and oxygen atoms in total. The van der Waals surface area contributed by atoms with Crippen LogP contribution in [-0.4, -0.2) is 11.8 Å². The van der Waals surface area contributed by atoms with Crippen LogP contribution >= 0.6 is 0 Å². The van der Waals surface area contributed by atoms with Gasteiger partial charge in [0, 0.05) is 24.1 Å². The second-order valence-corrected chi connectivity index (χ2v) is 6.89. The molecule has 4 heteroatoms. The Kier molecular flexibility index (Phi) is 5.25. The van der Waals surface area contributed by atoms with Gasteiger partial charge in [-0.25, -0.2) is 4.90 Å². The number of nitrogens with zero attached hydrogens (tertiary/aromatic N) is 1. The molecule has 3 aromatic rings. The molecule has 0 fully saturated rings. The van der Waals surface area contributed by atoms with E-state index in [1.807, 2.05) is 18.2 Å². The molecule has 29 heavy (non-hydrogen) atoms. The fraction of sp³-hybridized carbons (Fsp3) is 0.120. The van der Waals surface area contributed by atoms with Gasteiger partial charge in [0.1, 0.15) is 11.5 Å². The molecule has 0 spiro atoms. The maximum atomic E-state index is 11.9. The van der Waals surface area contributed by atoms with Crippen LogP contribution in [0.15, 0.2) is 91.0 Å². The fourth-order valence-electron chi connectivity index (χ4n) is 3.59. The zero-order valence-electron chi connectivity index (χ0n) is 16.1. The van der Waals surface area contributed by atoms with Crippen molar-refractivity contribution in [2.75, 3.05) is 4.90 Å². The number of benzene rings is 3. The highest BCUT2D eigenvalue weighted by atomic mass is 16.5. The van der Waals surface area contributed by atoms with Gasteiger partial charge in [0.25, 0.3) is 11.8 Å². The summed E-state index contributed by atoms with van der Waals surface area (Å²) in [7, 11) is 0. The maximum Gasteiger partial charge on any atom is 0.258 e. The van der Waals surface area contributed by atoms with Crippen molar-refractivity contribution in [1.29, 1.82) is 0 Å². The third kappa shape index (κ3) is 3.97. The van der Waals surface area contributed by atoms with Crippen molar-refractivity contribution in [3.63, 3.8) is 0 Å². The Morgan fingerprint density at radius 2 is 1.41 bits per heavy atom. The summed E-state index contributed by atoms with van der Waals surface area (Å²) in [5.74, 6) is 0.920. The average molecular weight is 383 g/mol. The third-order valence-electron chi connectivity index (χ3n) is 5.01. The van der Waals surface area contributed by atoms with Gasteiger partial charge in [-0.05, 0) is 41.8 Å². The van der Waals surface area contributed by atoms with Crippen molar-refractivity contribution in [2.24, 2.45) is 0 Å². The molecule has 1 heterocycles. The van der Waals surface area contributed by atoms with E-state index in [1.54, 1.807) is 24.3 Å². The fourth-order valence-corrected chi connectivity index (χ4v) is 3.59. The van der Waals surface area contributed by atoms with Gasteiger partial charge in [-0.1, -0.05) is 55.5 Å². The molecule has 3 aromatic carbocycles. The Labute approximate surface area is 170 Å². The summed E-state index contributed by atoms with van der Waals surface area (Å²) in [5.41, 5.74) is 3.03. The number of rotatable bonds is 6. The Bertz CT molecular complexity index is 1040. The highest BCUT2D eigenvalue weighted by Crippen LogP contribution is 2.31. The average Bonchev–Trinajstić information content (AvgIpc) is 3.09. The van der Waals surface area contributed by atoms with Crippen LogP contribution < -0.4 is 9.64 Å². The number of carbonyl (C=O) groups is 2. The van der Waals surface area contributed by atoms with E-state index in [0.717, 1.165) is 11.3 Å². The minimum absolute atomic E-state index is 0.341. The van der Waals surface area contributed by atoms with Crippen molar-refractivity contribution in [1.82, 2.24) is 0 Å². The van der Waals surface area contributed by atoms with Gasteiger partial charge in [0.15, 0.2) is 0 Å². The zero-order valence-corrected chi connectivity index (χ0v) is 16.1. The third-order valence-corrected chi connectivity index (χ3v) is 5.01. The number of hydrogen-bond acceptors (Lipinski definition) is 3. The van der Waals surface area contributed by atoms with Crippen LogP contribution in [0.5, 0.6) is 11.5 Å². The van der Waals surface area contributed by atoms with Gasteiger partial charge in [-0.2, -0.15) is 0 Å². The monoisotopic (exact) mass is 383 g/mol. The van der Waals surface area contributed by atoms with Crippen molar-refractivity contribution in [3.05, 3.63) is 102 Å². The first-order valence-corrected chi connectivity index (χ1v) is 9.64. The van der Waals surface area contributed by atoms with E-state index in [2.05, 4.69) is 43.3 Å². The summed E-state index contributed by atoms with van der Waals surface area (Å²) in [6.45, 7) is 2.18. The van der Waals surface area contributed by atoms with Crippen LogP contribution in [-0.2, 0) is 9.59 Å². The van der Waals surface area contributed by atoms with Crippen LogP contribution in [0.25, 0.3) is 0 Å². The van der Waals surface area contributed by atoms with Gasteiger partial charge in [0.2, 0.25) is 0 Å². The molecule has 0 saturated heterocycles. The van der Waals surface area contributed by atoms with Gasteiger partial charge in [0.05, 0.1) is 5.69 Å². The highest BCUT2D eigenvalue weighted by Gasteiger charge is 2.25. The minimum Gasteiger partial charge on any atom is -0.457 e. The molecule has 1 unspecified atom stereocenters. The molecular formula is C25H21NO3. The largest absolute Gasteiger partial charge is 0.457 e. The van der Waals surface area contributed by atoms with Gasteiger partial charge in [-0.3, -0.25) is 9.59 Å². The van der Waals surface area contributed by atoms with E-state index in [0.29, 0.717) is 23.1 Å². The van der Waals surface area contributed by atoms with Crippen LogP contribution in [0, 0.1) is 0 Å². The molecule has 144 valence electrons. The van der Waals surface area contributed by atoms with Crippen molar-refractivity contribution >= 4 is 17.5 Å². The lowest BCUT2D eigenvalue weighted by Crippen LogP contribution is -2.29. The maximum absolute atomic E-state index is 11.9. The number of hydrogen-bond donors (Lipinski definition) is 0. The van der Waals surface area contributed by atoms with Crippen LogP contribution in [0.2, 0.25) is 0 Å². The summed E-state index contributed by atoms with van der Waals surface area (Å²) in [5, 5.41) is 0. The lowest BCUT2D eigenvalue weighted by atomic mass is 9.89. The second-order valence-electron chi connectivity index (χ2n) is 6.89. The van der Waals surface area contributed by atoms with Crippen LogP contribution in [0.3, 0.4) is 0 Å². The summed E-state index contributed by atoms with van der Waals surface area (Å²) < 4.78 is 5.95. The standard InChI is InChI=1S/C25H21NO3/c1-2-23(18-7-4-3-5-8-18)19-11-13-21(14-12-19)29-22-10-6-9-20(17-22)26-24(27)15-16-25(26)28/h3-17,23H,2H2,1H3. The van der Waals surface area contributed by atoms with Crippen LogP contribution in [0.1, 0.15) is 30.4 Å². The molecule has 0 aromatic heterocycles. The molecule has 1 atom stereocenters. The molecule has 2 amide bonds. The van der Waals surface area contributed by atoms with Gasteiger partial charge >= 0.3 is 0 Å². The SMILES string of the molecule is CCC(c1ccccc1)c1ccc(Oc2cccc(N3C(=O)C=CC3=O)c2)cc1. The van der Waals surface area contributed by atoms with Gasteiger partial charge in [-0.15, -0.1) is 0 Å². The lowest BCUT2D eigenvalue weighted by molar-refractivity contribution is -0.119. The predicted octanol–water partition coefficient (Wildman–Crippen LogP) is 5.45. The quantitative estimate of drug-likeness (QED) is 0.532. The number of ether oxygens (including phenoxy) is 1. The molecule has 4 rings (SSSR count). The smallest absolute Gasteiger partial charge is 0.258 e. The molecule has 0 saturated carbocycles. The number of imide groups is 1. The minimum atomic E-state index is -0.344. The van der Waals surface area contributed by atoms with Gasteiger partial charge < -0.3 is 4.74 Å². The summed E-state index contributed by atoms with van der Waals surface area (Å²) in [4.78, 5) is 24.9. The topological polar surface area (TPSA) is 46.6 Å². The Hall–Kier alpha value is -3.66. The molecule has 1 aliphatic rings. The van der Waals surface area contributed by atoms with E-state index in [4.69, 9.17) is 4.74 Å². The first-order valence-electron chi connectivity index (χ1n) is 9.64. The van der Waals surface area contributed by atoms with E-state index < -0.39 is 0 Å². The van der Waals surface area contributed by atoms with E-state index in [9.17, 15) is 9.59 Å². The molecule has 0 N–H and O–H groups in total. The number of anilines is 1. The van der Waals surface area contributed by atoms with E-state index in [1.165, 1.54) is 23.3 Å². The summed E-state index contributed by atoms with van der Waals surface area (Å²) in [6, 6.07) is 25.5. The summed E-state index contributed by atoms with van der Waals surface area (Å²) in [6.07, 6.45) is 3.55. The molecular weight excluding hydrogens is 362 g/mol. The predicted molar refractivity (Wildman–Crippen MR) is 113 cm³/mol.